The number of aryl methyl sites for hydroxylation is 2. The van der Waals surface area contributed by atoms with Crippen LogP contribution in [0.5, 0.6) is 0 Å². The maximum Gasteiger partial charge on any atom is 0.183 e. The third-order valence-electron chi connectivity index (χ3n) is 1.64. The van der Waals surface area contributed by atoms with E-state index in [1.54, 1.807) is 11.3 Å². The number of Topliss-reactive ketones (excluding diaryl/α,β-unsaturated/α-hetero) is 1. The molecule has 1 aromatic heterocycles. The molecule has 0 bridgehead atoms. The lowest BCUT2D eigenvalue weighted by Gasteiger charge is -1.98. The first-order chi connectivity index (χ1) is 6.56. The van der Waals surface area contributed by atoms with Crippen molar-refractivity contribution in [3.8, 4) is 0 Å². The van der Waals surface area contributed by atoms with Gasteiger partial charge in [0.2, 0.25) is 0 Å². The van der Waals surface area contributed by atoms with Gasteiger partial charge in [0.1, 0.15) is 12.8 Å². The molecule has 0 aromatic carbocycles. The van der Waals surface area contributed by atoms with Crippen LogP contribution in [0.1, 0.15) is 22.5 Å². The molecule has 0 atom stereocenters. The Hall–Kier alpha value is -1.23. The molecule has 1 heterocycles. The monoisotopic (exact) mass is 212 g/mol. The third-order valence-corrected chi connectivity index (χ3v) is 2.53. The summed E-state index contributed by atoms with van der Waals surface area (Å²) in [6.07, 6.45) is 0. The molecule has 4 nitrogen and oxygen atoms in total. The Kier molecular flexibility index (Phi) is 3.35. The number of ketones is 1. The van der Waals surface area contributed by atoms with Crippen molar-refractivity contribution in [1.82, 2.24) is 4.98 Å². The van der Waals surface area contributed by atoms with Crippen LogP contribution in [0.25, 0.3) is 0 Å². The lowest BCUT2D eigenvalue weighted by molar-refractivity contribution is -0.111. The minimum Gasteiger partial charge on any atom is -0.398 e. The maximum absolute atomic E-state index is 11.2. The van der Waals surface area contributed by atoms with Crippen LogP contribution in [0, 0.1) is 13.8 Å². The fraction of sp³-hybridized carbons (Fsp3) is 0.444. The molecule has 1 rings (SSSR count). The van der Waals surface area contributed by atoms with E-state index in [1.165, 1.54) is 14.0 Å². The summed E-state index contributed by atoms with van der Waals surface area (Å²) in [6, 6.07) is 0. The van der Waals surface area contributed by atoms with Crippen molar-refractivity contribution in [3.05, 3.63) is 15.6 Å². The van der Waals surface area contributed by atoms with Gasteiger partial charge in [0.15, 0.2) is 11.5 Å². The van der Waals surface area contributed by atoms with Gasteiger partial charge in [0.25, 0.3) is 0 Å². The van der Waals surface area contributed by atoms with E-state index in [0.717, 1.165) is 9.88 Å². The molecule has 0 spiro atoms. The number of aromatic nitrogens is 1. The zero-order chi connectivity index (χ0) is 10.7. The van der Waals surface area contributed by atoms with Crippen molar-refractivity contribution in [2.24, 2.45) is 5.16 Å². The zero-order valence-corrected chi connectivity index (χ0v) is 9.44. The summed E-state index contributed by atoms with van der Waals surface area (Å²) in [5.41, 5.74) is 0.913. The average molecular weight is 212 g/mol. The maximum atomic E-state index is 11.2. The Morgan fingerprint density at radius 1 is 1.50 bits per heavy atom. The van der Waals surface area contributed by atoms with Crippen LogP contribution in [0.15, 0.2) is 5.16 Å². The first-order valence-corrected chi connectivity index (χ1v) is 4.94. The summed E-state index contributed by atoms with van der Waals surface area (Å²) in [7, 11) is 1.41. The van der Waals surface area contributed by atoms with E-state index in [4.69, 9.17) is 0 Å². The lowest BCUT2D eigenvalue weighted by Crippen LogP contribution is -2.13. The molecule has 0 aliphatic heterocycles. The van der Waals surface area contributed by atoms with Crippen LogP contribution in [0.3, 0.4) is 0 Å². The Morgan fingerprint density at radius 3 is 2.50 bits per heavy atom. The molecule has 0 aliphatic rings. The summed E-state index contributed by atoms with van der Waals surface area (Å²) in [5.74, 6) is -0.139. The molecule has 1 aromatic rings. The normalized spacial score (nSPS) is 11.6. The van der Waals surface area contributed by atoms with Crippen LogP contribution < -0.4 is 0 Å². The average Bonchev–Trinajstić information content (AvgIpc) is 2.40. The Balaban J connectivity index is 3.18. The number of rotatable bonds is 3. The molecule has 0 saturated heterocycles. The number of hydrogen-bond acceptors (Lipinski definition) is 5. The van der Waals surface area contributed by atoms with E-state index < -0.39 is 0 Å². The van der Waals surface area contributed by atoms with Gasteiger partial charge in [-0.05, 0) is 13.8 Å². The van der Waals surface area contributed by atoms with Gasteiger partial charge in [-0.1, -0.05) is 5.16 Å². The number of thiazole rings is 1. The second-order valence-electron chi connectivity index (χ2n) is 2.82. The molecular formula is C9H12N2O2S. The highest BCUT2D eigenvalue weighted by molar-refractivity contribution is 7.11. The SMILES string of the molecule is CON=C(C(C)=O)c1nc(C)sc1C. The second kappa shape index (κ2) is 4.32. The smallest absolute Gasteiger partial charge is 0.183 e. The van der Waals surface area contributed by atoms with Crippen LogP contribution in [-0.4, -0.2) is 23.6 Å². The van der Waals surface area contributed by atoms with Crippen LogP contribution >= 0.6 is 11.3 Å². The van der Waals surface area contributed by atoms with Gasteiger partial charge in [-0.2, -0.15) is 0 Å². The molecule has 14 heavy (non-hydrogen) atoms. The van der Waals surface area contributed by atoms with Crippen molar-refractivity contribution in [3.63, 3.8) is 0 Å². The van der Waals surface area contributed by atoms with Gasteiger partial charge in [0.05, 0.1) is 5.01 Å². The number of carbonyl (C=O) groups is 1. The molecule has 0 amide bonds. The predicted octanol–water partition coefficient (Wildman–Crippen LogP) is 1.70. The van der Waals surface area contributed by atoms with Crippen molar-refractivity contribution in [2.75, 3.05) is 7.11 Å². The Bertz CT molecular complexity index is 382. The zero-order valence-electron chi connectivity index (χ0n) is 8.62. The Morgan fingerprint density at radius 2 is 2.14 bits per heavy atom. The van der Waals surface area contributed by atoms with Crippen LogP contribution in [0.4, 0.5) is 0 Å². The predicted molar refractivity (Wildman–Crippen MR) is 55.8 cm³/mol. The number of carbonyl (C=O) groups excluding carboxylic acids is 1. The number of hydrogen-bond donors (Lipinski definition) is 0. The standard InChI is InChI=1S/C9H12N2O2S/c1-5(12)8(11-13-4)9-6(2)14-7(3)10-9/h1-4H3. The van der Waals surface area contributed by atoms with E-state index in [9.17, 15) is 4.79 Å². The highest BCUT2D eigenvalue weighted by atomic mass is 32.1. The summed E-state index contributed by atoms with van der Waals surface area (Å²) >= 11 is 1.54. The summed E-state index contributed by atoms with van der Waals surface area (Å²) in [4.78, 5) is 21.1. The van der Waals surface area contributed by atoms with Gasteiger partial charge in [0, 0.05) is 11.8 Å². The minimum atomic E-state index is -0.139. The molecule has 0 radical (unpaired) electrons. The van der Waals surface area contributed by atoms with Gasteiger partial charge < -0.3 is 4.84 Å². The van der Waals surface area contributed by atoms with E-state index >= 15 is 0 Å². The lowest BCUT2D eigenvalue weighted by atomic mass is 10.2. The van der Waals surface area contributed by atoms with Gasteiger partial charge >= 0.3 is 0 Å². The van der Waals surface area contributed by atoms with Crippen molar-refractivity contribution >= 4 is 22.8 Å². The molecule has 76 valence electrons. The van der Waals surface area contributed by atoms with Gasteiger partial charge in [-0.25, -0.2) is 4.98 Å². The fourth-order valence-electron chi connectivity index (χ4n) is 1.11. The van der Waals surface area contributed by atoms with Crippen LogP contribution in [-0.2, 0) is 9.63 Å². The van der Waals surface area contributed by atoms with Crippen molar-refractivity contribution in [1.29, 1.82) is 0 Å². The molecule has 5 heteroatoms. The quantitative estimate of drug-likeness (QED) is 0.566. The molecule has 0 aliphatic carbocycles. The second-order valence-corrected chi connectivity index (χ2v) is 4.22. The Labute approximate surface area is 86.6 Å². The van der Waals surface area contributed by atoms with Gasteiger partial charge in [-0.3, -0.25) is 4.79 Å². The summed E-state index contributed by atoms with van der Waals surface area (Å²) < 4.78 is 0. The highest BCUT2D eigenvalue weighted by Crippen LogP contribution is 2.17. The highest BCUT2D eigenvalue weighted by Gasteiger charge is 2.16. The van der Waals surface area contributed by atoms with E-state index in [0.29, 0.717) is 5.69 Å². The molecule has 0 saturated carbocycles. The largest absolute Gasteiger partial charge is 0.398 e. The first kappa shape index (κ1) is 10.8. The van der Waals surface area contributed by atoms with E-state index in [-0.39, 0.29) is 11.5 Å². The van der Waals surface area contributed by atoms with E-state index in [2.05, 4.69) is 15.0 Å². The van der Waals surface area contributed by atoms with Crippen LogP contribution in [0.2, 0.25) is 0 Å². The first-order valence-electron chi connectivity index (χ1n) is 4.12. The van der Waals surface area contributed by atoms with Gasteiger partial charge in [-0.15, -0.1) is 11.3 Å². The molecule has 0 N–H and O–H groups in total. The number of oxime groups is 1. The molecule has 0 unspecified atom stereocenters. The third kappa shape index (κ3) is 2.17. The molecule has 0 fully saturated rings. The molecular weight excluding hydrogens is 200 g/mol. The fourth-order valence-corrected chi connectivity index (χ4v) is 1.93. The minimum absolute atomic E-state index is 0.139. The summed E-state index contributed by atoms with van der Waals surface area (Å²) in [6.45, 7) is 5.26. The van der Waals surface area contributed by atoms with E-state index in [1.807, 2.05) is 13.8 Å². The number of nitrogens with zero attached hydrogens (tertiary/aromatic N) is 2. The van der Waals surface area contributed by atoms with Crippen molar-refractivity contribution in [2.45, 2.75) is 20.8 Å². The summed E-state index contributed by atoms with van der Waals surface area (Å²) in [5, 5.41) is 4.60. The van der Waals surface area contributed by atoms with Crippen molar-refractivity contribution < 1.29 is 9.63 Å². The topological polar surface area (TPSA) is 51.5 Å².